The summed E-state index contributed by atoms with van der Waals surface area (Å²) in [6, 6.07) is 5.56. The van der Waals surface area contributed by atoms with Crippen molar-refractivity contribution in [3.63, 3.8) is 0 Å². The Balaban J connectivity index is 1.42. The highest BCUT2D eigenvalue weighted by Gasteiger charge is 2.47. The lowest BCUT2D eigenvalue weighted by atomic mass is 9.76. The molecule has 1 aromatic rings. The maximum atomic E-state index is 12.9. The van der Waals surface area contributed by atoms with Crippen LogP contribution in [0.2, 0.25) is 10.0 Å². The molecule has 29 heavy (non-hydrogen) atoms. The fourth-order valence-corrected chi connectivity index (χ4v) is 5.78. The zero-order chi connectivity index (χ0) is 20.4. The van der Waals surface area contributed by atoms with Gasteiger partial charge in [-0.3, -0.25) is 9.69 Å². The third kappa shape index (κ3) is 4.84. The molecular formula is C22H30Cl2N2O3. The van der Waals surface area contributed by atoms with Crippen LogP contribution in [0.4, 0.5) is 0 Å². The van der Waals surface area contributed by atoms with Crippen molar-refractivity contribution in [2.45, 2.75) is 62.6 Å². The van der Waals surface area contributed by atoms with E-state index in [-0.39, 0.29) is 24.2 Å². The highest BCUT2D eigenvalue weighted by molar-refractivity contribution is 6.34. The van der Waals surface area contributed by atoms with Crippen LogP contribution in [-0.2, 0) is 9.53 Å². The molecular weight excluding hydrogens is 411 g/mol. The minimum atomic E-state index is -0.0158. The Bertz CT molecular complexity index is 713. The quantitative estimate of drug-likeness (QED) is 0.680. The number of likely N-dealkylation sites (N-methyl/N-ethyl adjacent to an activating group) is 1. The Morgan fingerprint density at radius 2 is 1.93 bits per heavy atom. The van der Waals surface area contributed by atoms with E-state index < -0.39 is 0 Å². The Hall–Kier alpha value is -1.01. The van der Waals surface area contributed by atoms with Crippen molar-refractivity contribution < 1.29 is 14.3 Å². The summed E-state index contributed by atoms with van der Waals surface area (Å²) in [5.41, 5.74) is 0.0294. The second-order valence-electron chi connectivity index (χ2n) is 8.65. The maximum Gasteiger partial charge on any atom is 0.260 e. The van der Waals surface area contributed by atoms with Gasteiger partial charge in [0, 0.05) is 35.8 Å². The van der Waals surface area contributed by atoms with Crippen molar-refractivity contribution in [3.8, 4) is 5.75 Å². The summed E-state index contributed by atoms with van der Waals surface area (Å²) in [7, 11) is 1.91. The fraction of sp³-hybridized carbons (Fsp3) is 0.682. The van der Waals surface area contributed by atoms with Gasteiger partial charge in [-0.1, -0.05) is 23.2 Å². The first-order valence-corrected chi connectivity index (χ1v) is 11.4. The number of benzene rings is 1. The molecule has 2 heterocycles. The second kappa shape index (κ2) is 9.01. The number of hydrogen-bond donors (Lipinski definition) is 0. The summed E-state index contributed by atoms with van der Waals surface area (Å²) in [5, 5.41) is 0.994. The van der Waals surface area contributed by atoms with Gasteiger partial charge in [0.05, 0.1) is 5.60 Å². The Morgan fingerprint density at radius 3 is 2.59 bits per heavy atom. The minimum absolute atomic E-state index is 0.0152. The summed E-state index contributed by atoms with van der Waals surface area (Å²) in [5.74, 6) is 0.501. The van der Waals surface area contributed by atoms with E-state index >= 15 is 0 Å². The largest absolute Gasteiger partial charge is 0.484 e. The smallest absolute Gasteiger partial charge is 0.260 e. The molecule has 0 aromatic heterocycles. The molecule has 1 saturated carbocycles. The molecule has 3 atom stereocenters. The van der Waals surface area contributed by atoms with Crippen LogP contribution in [0.25, 0.3) is 0 Å². The first-order chi connectivity index (χ1) is 14.0. The topological polar surface area (TPSA) is 42.0 Å². The van der Waals surface area contributed by atoms with Crippen LogP contribution in [0.3, 0.4) is 0 Å². The molecule has 5 nitrogen and oxygen atoms in total. The van der Waals surface area contributed by atoms with Crippen LogP contribution in [0.15, 0.2) is 18.2 Å². The number of carbonyl (C=O) groups excluding carboxylic acids is 1. The standard InChI is InChI=1S/C22H30Cl2N2O3/c1-25(21(27)15-28-18-12-16(23)11-17(24)13-18)19-5-7-22(6-4-10-29-22)14-20(19)26-8-2-3-9-26/h11-13,19-20H,2-10,14-15H2,1H3. The number of nitrogens with zero attached hydrogens (tertiary/aromatic N) is 2. The predicted molar refractivity (Wildman–Crippen MR) is 115 cm³/mol. The second-order valence-corrected chi connectivity index (χ2v) is 9.53. The molecule has 0 bridgehead atoms. The van der Waals surface area contributed by atoms with Gasteiger partial charge in [0.15, 0.2) is 6.61 Å². The van der Waals surface area contributed by atoms with Gasteiger partial charge in [0.1, 0.15) is 5.75 Å². The highest BCUT2D eigenvalue weighted by Crippen LogP contribution is 2.42. The van der Waals surface area contributed by atoms with Crippen LogP contribution >= 0.6 is 23.2 Å². The van der Waals surface area contributed by atoms with E-state index in [0.717, 1.165) is 51.8 Å². The van der Waals surface area contributed by atoms with E-state index in [1.807, 2.05) is 11.9 Å². The highest BCUT2D eigenvalue weighted by atomic mass is 35.5. The van der Waals surface area contributed by atoms with Gasteiger partial charge < -0.3 is 14.4 Å². The van der Waals surface area contributed by atoms with Gasteiger partial charge >= 0.3 is 0 Å². The van der Waals surface area contributed by atoms with E-state index in [0.29, 0.717) is 21.8 Å². The molecule has 7 heteroatoms. The van der Waals surface area contributed by atoms with Crippen LogP contribution in [-0.4, -0.2) is 66.7 Å². The molecule has 3 unspecified atom stereocenters. The molecule has 2 aliphatic heterocycles. The third-order valence-corrected chi connectivity index (χ3v) is 7.24. The van der Waals surface area contributed by atoms with E-state index in [4.69, 9.17) is 32.7 Å². The van der Waals surface area contributed by atoms with Crippen LogP contribution < -0.4 is 4.74 Å². The van der Waals surface area contributed by atoms with Gasteiger partial charge in [0.2, 0.25) is 0 Å². The molecule has 160 valence electrons. The fourth-order valence-electron chi connectivity index (χ4n) is 5.28. The average molecular weight is 441 g/mol. The molecule has 3 aliphatic rings. The molecule has 1 aliphatic carbocycles. The summed E-state index contributed by atoms with van der Waals surface area (Å²) in [6.45, 7) is 3.10. The SMILES string of the molecule is CN(C(=O)COc1cc(Cl)cc(Cl)c1)C1CCC2(CCCO2)CC1N1CCCC1. The Labute approximate surface area is 183 Å². The van der Waals surface area contributed by atoms with Crippen molar-refractivity contribution in [2.24, 2.45) is 0 Å². The first kappa shape index (κ1) is 21.2. The summed E-state index contributed by atoms with van der Waals surface area (Å²) in [4.78, 5) is 17.4. The number of hydrogen-bond acceptors (Lipinski definition) is 4. The van der Waals surface area contributed by atoms with Crippen molar-refractivity contribution in [2.75, 3.05) is 33.4 Å². The summed E-state index contributed by atoms with van der Waals surface area (Å²) >= 11 is 12.0. The third-order valence-electron chi connectivity index (χ3n) is 6.80. The number of likely N-dealkylation sites (tertiary alicyclic amines) is 1. The molecule has 4 rings (SSSR count). The average Bonchev–Trinajstić information content (AvgIpc) is 3.37. The molecule has 1 amide bonds. The zero-order valence-electron chi connectivity index (χ0n) is 17.0. The normalized spacial score (nSPS) is 30.0. The number of amides is 1. The number of halogens is 2. The van der Waals surface area contributed by atoms with E-state index in [1.165, 1.54) is 12.8 Å². The predicted octanol–water partition coefficient (Wildman–Crippen LogP) is 4.40. The van der Waals surface area contributed by atoms with Gasteiger partial charge in [-0.05, 0) is 76.2 Å². The number of rotatable bonds is 5. The minimum Gasteiger partial charge on any atom is -0.484 e. The molecule has 1 aromatic carbocycles. The zero-order valence-corrected chi connectivity index (χ0v) is 18.6. The molecule has 0 N–H and O–H groups in total. The van der Waals surface area contributed by atoms with Crippen molar-refractivity contribution in [1.82, 2.24) is 9.80 Å². The number of ether oxygens (including phenoxy) is 2. The van der Waals surface area contributed by atoms with E-state index in [2.05, 4.69) is 4.90 Å². The Kier molecular flexibility index (Phi) is 6.59. The van der Waals surface area contributed by atoms with E-state index in [9.17, 15) is 4.79 Å². The number of carbonyl (C=O) groups is 1. The molecule has 0 radical (unpaired) electrons. The molecule has 3 fully saturated rings. The van der Waals surface area contributed by atoms with Gasteiger partial charge in [-0.25, -0.2) is 0 Å². The van der Waals surface area contributed by atoms with Gasteiger partial charge in [0.25, 0.3) is 5.91 Å². The lowest BCUT2D eigenvalue weighted by Crippen LogP contribution is -2.58. The van der Waals surface area contributed by atoms with Crippen molar-refractivity contribution in [1.29, 1.82) is 0 Å². The van der Waals surface area contributed by atoms with Gasteiger partial charge in [-0.15, -0.1) is 0 Å². The monoisotopic (exact) mass is 440 g/mol. The van der Waals surface area contributed by atoms with E-state index in [1.54, 1.807) is 18.2 Å². The molecule has 1 spiro atoms. The van der Waals surface area contributed by atoms with Crippen molar-refractivity contribution >= 4 is 29.1 Å². The maximum absolute atomic E-state index is 12.9. The van der Waals surface area contributed by atoms with Crippen LogP contribution in [0.5, 0.6) is 5.75 Å². The first-order valence-electron chi connectivity index (χ1n) is 10.7. The van der Waals surface area contributed by atoms with Crippen molar-refractivity contribution in [3.05, 3.63) is 28.2 Å². The van der Waals surface area contributed by atoms with Crippen LogP contribution in [0.1, 0.15) is 44.9 Å². The van der Waals surface area contributed by atoms with Crippen LogP contribution in [0, 0.1) is 0 Å². The lowest BCUT2D eigenvalue weighted by molar-refractivity contribution is -0.139. The lowest BCUT2D eigenvalue weighted by Gasteiger charge is -2.48. The summed E-state index contributed by atoms with van der Waals surface area (Å²) in [6.07, 6.45) is 7.83. The Morgan fingerprint density at radius 1 is 1.21 bits per heavy atom. The summed E-state index contributed by atoms with van der Waals surface area (Å²) < 4.78 is 11.9. The van der Waals surface area contributed by atoms with Gasteiger partial charge in [-0.2, -0.15) is 0 Å². The molecule has 2 saturated heterocycles.